The van der Waals surface area contributed by atoms with Gasteiger partial charge in [0.1, 0.15) is 17.3 Å². The van der Waals surface area contributed by atoms with Crippen LogP contribution < -0.4 is 15.8 Å². The van der Waals surface area contributed by atoms with Crippen LogP contribution >= 0.6 is 0 Å². The summed E-state index contributed by atoms with van der Waals surface area (Å²) in [6, 6.07) is 13.7. The number of carbonyl (C=O) groups excluding carboxylic acids is 1. The maximum absolute atomic E-state index is 10.8. The van der Waals surface area contributed by atoms with Gasteiger partial charge in [-0.15, -0.1) is 0 Å². The van der Waals surface area contributed by atoms with Crippen LogP contribution in [-0.4, -0.2) is 22.0 Å². The molecule has 0 unspecified atom stereocenters. The van der Waals surface area contributed by atoms with Crippen molar-refractivity contribution in [3.63, 3.8) is 0 Å². The molecule has 3 aromatic rings. The summed E-state index contributed by atoms with van der Waals surface area (Å²) in [6.45, 7) is 2.65. The number of fused-ring (bicyclic) bond motifs is 1. The molecule has 24 heavy (non-hydrogen) atoms. The minimum atomic E-state index is -0.387. The van der Waals surface area contributed by atoms with E-state index in [4.69, 9.17) is 10.5 Å². The molecule has 0 fully saturated rings. The van der Waals surface area contributed by atoms with Crippen molar-refractivity contribution in [2.75, 3.05) is 6.54 Å². The Bertz CT molecular complexity index is 869. The zero-order chi connectivity index (χ0) is 17.1. The van der Waals surface area contributed by atoms with Gasteiger partial charge in [0.05, 0.1) is 24.1 Å². The summed E-state index contributed by atoms with van der Waals surface area (Å²) >= 11 is 0. The third-order valence-corrected chi connectivity index (χ3v) is 3.78. The van der Waals surface area contributed by atoms with Crippen LogP contribution in [0.2, 0.25) is 0 Å². The Morgan fingerprint density at radius 2 is 1.92 bits per heavy atom. The summed E-state index contributed by atoms with van der Waals surface area (Å²) in [4.78, 5) is 15.4. The molecule has 0 atom stereocenters. The molecule has 3 N–H and O–H groups in total. The second-order valence-corrected chi connectivity index (χ2v) is 5.72. The van der Waals surface area contributed by atoms with Crippen LogP contribution in [0.3, 0.4) is 0 Å². The maximum atomic E-state index is 10.8. The van der Waals surface area contributed by atoms with Gasteiger partial charge in [-0.05, 0) is 31.2 Å². The molecule has 1 amide bonds. The fourth-order valence-electron chi connectivity index (χ4n) is 2.48. The number of carbonyl (C=O) groups is 1. The van der Waals surface area contributed by atoms with Gasteiger partial charge in [-0.25, -0.2) is 4.98 Å². The predicted molar refractivity (Wildman–Crippen MR) is 92.9 cm³/mol. The van der Waals surface area contributed by atoms with Crippen molar-refractivity contribution in [3.05, 3.63) is 53.9 Å². The monoisotopic (exact) mass is 324 g/mol. The lowest BCUT2D eigenvalue weighted by Gasteiger charge is -2.07. The number of aryl methyl sites for hydroxylation is 2. The molecule has 0 aliphatic carbocycles. The highest BCUT2D eigenvalue weighted by Gasteiger charge is 2.09. The van der Waals surface area contributed by atoms with E-state index in [1.165, 1.54) is 5.56 Å². The number of nitrogens with two attached hydrogens (primary N) is 1. The predicted octanol–water partition coefficient (Wildman–Crippen LogP) is 2.25. The van der Waals surface area contributed by atoms with Gasteiger partial charge in [-0.1, -0.05) is 17.7 Å². The Kier molecular flexibility index (Phi) is 4.48. The Balaban J connectivity index is 1.81. The van der Waals surface area contributed by atoms with Crippen molar-refractivity contribution in [1.82, 2.24) is 14.9 Å². The quantitative estimate of drug-likeness (QED) is 0.728. The number of rotatable bonds is 6. The van der Waals surface area contributed by atoms with Crippen LogP contribution in [0, 0.1) is 6.92 Å². The minimum absolute atomic E-state index is 0.130. The molecule has 1 aromatic heterocycles. The van der Waals surface area contributed by atoms with Crippen molar-refractivity contribution >= 4 is 16.9 Å². The largest absolute Gasteiger partial charge is 0.457 e. The first kappa shape index (κ1) is 16.0. The van der Waals surface area contributed by atoms with Crippen LogP contribution in [-0.2, 0) is 18.4 Å². The fourth-order valence-corrected chi connectivity index (χ4v) is 2.48. The van der Waals surface area contributed by atoms with E-state index in [2.05, 4.69) is 10.3 Å². The van der Waals surface area contributed by atoms with E-state index in [0.29, 0.717) is 6.54 Å². The van der Waals surface area contributed by atoms with Gasteiger partial charge in [0.2, 0.25) is 5.91 Å². The van der Waals surface area contributed by atoms with Gasteiger partial charge < -0.3 is 20.4 Å². The summed E-state index contributed by atoms with van der Waals surface area (Å²) in [5.41, 5.74) is 8.17. The maximum Gasteiger partial charge on any atom is 0.231 e. The Labute approximate surface area is 140 Å². The summed E-state index contributed by atoms with van der Waals surface area (Å²) in [5, 5.41) is 2.97. The SMILES string of the molecule is Cc1ccc(Oc2ccc3nc(CNCC(N)=O)n(C)c3c2)cc1. The molecule has 0 aliphatic heterocycles. The van der Waals surface area contributed by atoms with Crippen molar-refractivity contribution in [1.29, 1.82) is 0 Å². The highest BCUT2D eigenvalue weighted by Crippen LogP contribution is 2.26. The second-order valence-electron chi connectivity index (χ2n) is 5.72. The molecule has 0 saturated heterocycles. The molecule has 124 valence electrons. The van der Waals surface area contributed by atoms with Crippen molar-refractivity contribution in [3.8, 4) is 11.5 Å². The molecule has 3 rings (SSSR count). The lowest BCUT2D eigenvalue weighted by Crippen LogP contribution is -2.28. The van der Waals surface area contributed by atoms with E-state index >= 15 is 0 Å². The fraction of sp³-hybridized carbons (Fsp3) is 0.222. The van der Waals surface area contributed by atoms with Gasteiger partial charge in [0.25, 0.3) is 0 Å². The smallest absolute Gasteiger partial charge is 0.231 e. The number of hydrogen-bond acceptors (Lipinski definition) is 4. The average molecular weight is 324 g/mol. The third-order valence-electron chi connectivity index (χ3n) is 3.78. The van der Waals surface area contributed by atoms with E-state index in [0.717, 1.165) is 28.4 Å². The highest BCUT2D eigenvalue weighted by molar-refractivity contribution is 5.78. The Morgan fingerprint density at radius 3 is 2.62 bits per heavy atom. The summed E-state index contributed by atoms with van der Waals surface area (Å²) in [6.07, 6.45) is 0. The first-order chi connectivity index (χ1) is 11.5. The second kappa shape index (κ2) is 6.72. The van der Waals surface area contributed by atoms with E-state index in [9.17, 15) is 4.79 Å². The normalized spacial score (nSPS) is 10.9. The lowest BCUT2D eigenvalue weighted by atomic mass is 10.2. The minimum Gasteiger partial charge on any atom is -0.457 e. The highest BCUT2D eigenvalue weighted by atomic mass is 16.5. The van der Waals surface area contributed by atoms with E-state index in [-0.39, 0.29) is 12.5 Å². The molecule has 2 aromatic carbocycles. The zero-order valence-corrected chi connectivity index (χ0v) is 13.7. The number of amides is 1. The number of benzene rings is 2. The summed E-state index contributed by atoms with van der Waals surface area (Å²) in [7, 11) is 1.94. The molecule has 0 spiro atoms. The van der Waals surface area contributed by atoms with Gasteiger partial charge in [0.15, 0.2) is 0 Å². The van der Waals surface area contributed by atoms with Crippen LogP contribution in [0.5, 0.6) is 11.5 Å². The molecule has 6 nitrogen and oxygen atoms in total. The molecule has 6 heteroatoms. The molecule has 0 saturated carbocycles. The van der Waals surface area contributed by atoms with Gasteiger partial charge in [0, 0.05) is 13.1 Å². The molecular weight excluding hydrogens is 304 g/mol. The van der Waals surface area contributed by atoms with Crippen molar-refractivity contribution < 1.29 is 9.53 Å². The first-order valence-electron chi connectivity index (χ1n) is 7.72. The standard InChI is InChI=1S/C18H20N4O2/c1-12-3-5-13(6-4-12)24-14-7-8-15-16(9-14)22(2)18(21-15)11-20-10-17(19)23/h3-9,20H,10-11H2,1-2H3,(H2,19,23). The topological polar surface area (TPSA) is 82.2 Å². The van der Waals surface area contributed by atoms with Gasteiger partial charge in [-0.2, -0.15) is 0 Å². The lowest BCUT2D eigenvalue weighted by molar-refractivity contribution is -0.117. The van der Waals surface area contributed by atoms with E-state index < -0.39 is 0 Å². The van der Waals surface area contributed by atoms with E-state index in [1.807, 2.05) is 61.0 Å². The zero-order valence-electron chi connectivity index (χ0n) is 13.7. The number of primary amides is 1. The number of hydrogen-bond donors (Lipinski definition) is 2. The van der Waals surface area contributed by atoms with Crippen LogP contribution in [0.4, 0.5) is 0 Å². The van der Waals surface area contributed by atoms with Crippen molar-refractivity contribution in [2.45, 2.75) is 13.5 Å². The first-order valence-corrected chi connectivity index (χ1v) is 7.72. The summed E-state index contributed by atoms with van der Waals surface area (Å²) in [5.74, 6) is 2.00. The average Bonchev–Trinajstić information content (AvgIpc) is 2.86. The van der Waals surface area contributed by atoms with Gasteiger partial charge >= 0.3 is 0 Å². The molecule has 0 radical (unpaired) electrons. The molecular formula is C18H20N4O2. The van der Waals surface area contributed by atoms with E-state index in [1.54, 1.807) is 0 Å². The number of nitrogens with zero attached hydrogens (tertiary/aromatic N) is 2. The molecule has 1 heterocycles. The number of aromatic nitrogens is 2. The third kappa shape index (κ3) is 3.55. The number of imidazole rings is 1. The Morgan fingerprint density at radius 1 is 1.21 bits per heavy atom. The molecule has 0 bridgehead atoms. The summed E-state index contributed by atoms with van der Waals surface area (Å²) < 4.78 is 7.88. The van der Waals surface area contributed by atoms with Crippen LogP contribution in [0.15, 0.2) is 42.5 Å². The number of ether oxygens (including phenoxy) is 1. The molecule has 0 aliphatic rings. The Hall–Kier alpha value is -2.86. The van der Waals surface area contributed by atoms with Gasteiger partial charge in [-0.3, -0.25) is 4.79 Å². The van der Waals surface area contributed by atoms with Crippen LogP contribution in [0.25, 0.3) is 11.0 Å². The van der Waals surface area contributed by atoms with Crippen molar-refractivity contribution in [2.24, 2.45) is 12.8 Å². The number of nitrogens with one attached hydrogen (secondary N) is 1. The van der Waals surface area contributed by atoms with Crippen LogP contribution in [0.1, 0.15) is 11.4 Å².